The minimum atomic E-state index is -4.85. The molecule has 2 aromatic carbocycles. The van der Waals surface area contributed by atoms with Crippen molar-refractivity contribution >= 4 is 39.9 Å². The number of oxazole rings is 1. The van der Waals surface area contributed by atoms with Crippen molar-refractivity contribution in [2.45, 2.75) is 12.7 Å². The first-order valence-corrected chi connectivity index (χ1v) is 11.0. The first-order valence-electron chi connectivity index (χ1n) is 10.3. The van der Waals surface area contributed by atoms with Crippen LogP contribution in [0.2, 0.25) is 10.0 Å². The number of pyridine rings is 1. The second-order valence-corrected chi connectivity index (χ2v) is 8.54. The topological polar surface area (TPSA) is 60.9 Å². The molecule has 0 unspecified atom stereocenters. The van der Waals surface area contributed by atoms with Gasteiger partial charge in [0.1, 0.15) is 11.4 Å². The summed E-state index contributed by atoms with van der Waals surface area (Å²) in [7, 11) is 0. The summed E-state index contributed by atoms with van der Waals surface area (Å²) in [6.07, 6.45) is -2.25. The van der Waals surface area contributed by atoms with Crippen LogP contribution >= 0.6 is 23.2 Å². The van der Waals surface area contributed by atoms with Crippen LogP contribution in [0.25, 0.3) is 22.5 Å². The quantitative estimate of drug-likeness (QED) is 0.230. The highest BCUT2D eigenvalue weighted by molar-refractivity contribution is 6.32. The van der Waals surface area contributed by atoms with E-state index in [1.807, 2.05) is 0 Å². The second-order valence-electron chi connectivity index (χ2n) is 7.67. The lowest BCUT2D eigenvalue weighted by atomic mass is 10.0. The number of halogens is 5. The van der Waals surface area contributed by atoms with Crippen molar-refractivity contribution < 1.29 is 22.4 Å². The summed E-state index contributed by atoms with van der Waals surface area (Å²) in [6, 6.07) is 15.7. The summed E-state index contributed by atoms with van der Waals surface area (Å²) in [5, 5.41) is 0.703. The number of carbonyl (C=O) groups excluding carboxylic acids is 1. The number of fused-ring (bicyclic) bond motifs is 1. The third kappa shape index (κ3) is 4.42. The van der Waals surface area contributed by atoms with Crippen molar-refractivity contribution in [1.29, 1.82) is 0 Å². The molecule has 0 spiro atoms. The molecule has 0 atom stereocenters. The van der Waals surface area contributed by atoms with Crippen LogP contribution in [0.5, 0.6) is 0 Å². The van der Waals surface area contributed by atoms with Gasteiger partial charge in [0.2, 0.25) is 11.7 Å². The Hall–Kier alpha value is -3.62. The Labute approximate surface area is 206 Å². The zero-order valence-corrected chi connectivity index (χ0v) is 19.2. The van der Waals surface area contributed by atoms with Gasteiger partial charge in [-0.2, -0.15) is 13.2 Å². The number of benzene rings is 2. The summed E-state index contributed by atoms with van der Waals surface area (Å²) < 4.78 is 50.0. The van der Waals surface area contributed by atoms with Gasteiger partial charge < -0.3 is 8.98 Å². The van der Waals surface area contributed by atoms with Gasteiger partial charge in [-0.25, -0.2) is 4.98 Å². The van der Waals surface area contributed by atoms with E-state index >= 15 is 0 Å². The van der Waals surface area contributed by atoms with Gasteiger partial charge in [0, 0.05) is 33.7 Å². The van der Waals surface area contributed by atoms with Gasteiger partial charge in [-0.15, -0.1) is 0 Å². The summed E-state index contributed by atoms with van der Waals surface area (Å²) in [5.74, 6) is -1.29. The molecule has 3 aromatic heterocycles. The number of alkyl halides is 3. The molecule has 0 aliphatic rings. The highest BCUT2D eigenvalue weighted by Gasteiger charge is 2.42. The van der Waals surface area contributed by atoms with Crippen molar-refractivity contribution in [1.82, 2.24) is 14.5 Å². The maximum absolute atomic E-state index is 14.5. The fourth-order valence-corrected chi connectivity index (χ4v) is 4.20. The number of nitrogens with zero attached hydrogens (tertiary/aromatic N) is 3. The van der Waals surface area contributed by atoms with Crippen molar-refractivity contribution in [3.8, 4) is 11.6 Å². The molecule has 5 rings (SSSR count). The Bertz CT molecular complexity index is 1540. The molecule has 5 aromatic rings. The average Bonchev–Trinajstić information content (AvgIpc) is 3.44. The van der Waals surface area contributed by atoms with Crippen LogP contribution in [0.1, 0.15) is 27.4 Å². The van der Waals surface area contributed by atoms with Gasteiger partial charge in [0.15, 0.2) is 5.76 Å². The smallest absolute Gasteiger partial charge is 0.431 e. The standard InChI is InChI=1S/C25H14Cl2F3N3O2/c26-15-6-4-14(5-7-15)13-33-19-9-8-16(27)11-17(19)21(23(33)25(28,29)30)22(34)20-12-32-24(35-20)18-3-1-2-10-31-18/h1-12H,13H2. The molecule has 0 aliphatic carbocycles. The van der Waals surface area contributed by atoms with Crippen LogP contribution in [0.3, 0.4) is 0 Å². The second kappa shape index (κ2) is 8.87. The molecule has 3 heterocycles. The number of rotatable bonds is 5. The summed E-state index contributed by atoms with van der Waals surface area (Å²) >= 11 is 12.0. The van der Waals surface area contributed by atoms with Gasteiger partial charge in [0.05, 0.1) is 11.8 Å². The largest absolute Gasteiger partial charge is 0.432 e. The van der Waals surface area contributed by atoms with E-state index in [-0.39, 0.29) is 34.1 Å². The van der Waals surface area contributed by atoms with E-state index in [4.69, 9.17) is 27.6 Å². The average molecular weight is 516 g/mol. The van der Waals surface area contributed by atoms with E-state index in [1.165, 1.54) is 24.4 Å². The number of hydrogen-bond donors (Lipinski definition) is 0. The molecule has 35 heavy (non-hydrogen) atoms. The predicted molar refractivity (Wildman–Crippen MR) is 126 cm³/mol. The normalized spacial score (nSPS) is 11.8. The summed E-state index contributed by atoms with van der Waals surface area (Å²) in [6.45, 7) is -0.146. The van der Waals surface area contributed by atoms with Crippen molar-refractivity contribution in [3.63, 3.8) is 0 Å². The van der Waals surface area contributed by atoms with E-state index in [0.717, 1.165) is 10.8 Å². The molecule has 0 saturated heterocycles. The van der Waals surface area contributed by atoms with Gasteiger partial charge in [-0.05, 0) is 48.0 Å². The first-order chi connectivity index (χ1) is 16.7. The van der Waals surface area contributed by atoms with Gasteiger partial charge >= 0.3 is 6.18 Å². The SMILES string of the molecule is O=C(c1cnc(-c2ccccn2)o1)c1c(C(F)(F)F)n(Cc2ccc(Cl)cc2)c2ccc(Cl)cc12. The van der Waals surface area contributed by atoms with E-state index < -0.39 is 23.2 Å². The van der Waals surface area contributed by atoms with Crippen molar-refractivity contribution in [2.24, 2.45) is 0 Å². The minimum absolute atomic E-state index is 0.0189. The first kappa shape index (κ1) is 23.1. The summed E-state index contributed by atoms with van der Waals surface area (Å²) in [4.78, 5) is 21.6. The molecule has 0 radical (unpaired) electrons. The number of aromatic nitrogens is 3. The predicted octanol–water partition coefficient (Wildman–Crippen LogP) is 7.30. The van der Waals surface area contributed by atoms with Crippen LogP contribution in [-0.2, 0) is 12.7 Å². The minimum Gasteiger partial charge on any atom is -0.431 e. The zero-order valence-electron chi connectivity index (χ0n) is 17.7. The Morgan fingerprint density at radius 2 is 1.71 bits per heavy atom. The van der Waals surface area contributed by atoms with Crippen molar-refractivity contribution in [3.05, 3.63) is 106 Å². The molecular weight excluding hydrogens is 502 g/mol. The Morgan fingerprint density at radius 1 is 0.971 bits per heavy atom. The third-order valence-corrected chi connectivity index (χ3v) is 5.88. The molecular formula is C25H14Cl2F3N3O2. The van der Waals surface area contributed by atoms with E-state index in [9.17, 15) is 18.0 Å². The maximum Gasteiger partial charge on any atom is 0.432 e. The molecule has 0 N–H and O–H groups in total. The lowest BCUT2D eigenvalue weighted by Crippen LogP contribution is -2.18. The third-order valence-electron chi connectivity index (χ3n) is 5.39. The fourth-order valence-electron chi connectivity index (χ4n) is 3.90. The lowest BCUT2D eigenvalue weighted by Gasteiger charge is -2.14. The monoisotopic (exact) mass is 515 g/mol. The van der Waals surface area contributed by atoms with Gasteiger partial charge in [0.25, 0.3) is 0 Å². The van der Waals surface area contributed by atoms with E-state index in [0.29, 0.717) is 16.3 Å². The van der Waals surface area contributed by atoms with Crippen LogP contribution in [0.4, 0.5) is 13.2 Å². The molecule has 176 valence electrons. The Morgan fingerprint density at radius 3 is 2.40 bits per heavy atom. The van der Waals surface area contributed by atoms with Gasteiger partial charge in [-0.1, -0.05) is 41.4 Å². The number of hydrogen-bond acceptors (Lipinski definition) is 4. The fraction of sp³-hybridized carbons (Fsp3) is 0.0800. The van der Waals surface area contributed by atoms with Crippen molar-refractivity contribution in [2.75, 3.05) is 0 Å². The van der Waals surface area contributed by atoms with Crippen LogP contribution in [-0.4, -0.2) is 20.3 Å². The molecule has 5 nitrogen and oxygen atoms in total. The van der Waals surface area contributed by atoms with Gasteiger partial charge in [-0.3, -0.25) is 9.78 Å². The lowest BCUT2D eigenvalue weighted by molar-refractivity contribution is -0.143. The highest BCUT2D eigenvalue weighted by Crippen LogP contribution is 2.41. The van der Waals surface area contributed by atoms with Crippen LogP contribution in [0, 0.1) is 0 Å². The maximum atomic E-state index is 14.5. The number of ketones is 1. The molecule has 0 amide bonds. The highest BCUT2D eigenvalue weighted by atomic mass is 35.5. The van der Waals surface area contributed by atoms with Crippen LogP contribution in [0.15, 0.2) is 77.5 Å². The zero-order chi connectivity index (χ0) is 24.7. The molecule has 0 saturated carbocycles. The van der Waals surface area contributed by atoms with E-state index in [1.54, 1.807) is 42.5 Å². The Kier molecular flexibility index (Phi) is 5.86. The summed E-state index contributed by atoms with van der Waals surface area (Å²) in [5.41, 5.74) is -0.554. The van der Waals surface area contributed by atoms with Crippen LogP contribution < -0.4 is 0 Å². The molecule has 10 heteroatoms. The molecule has 0 fully saturated rings. The molecule has 0 aliphatic heterocycles. The Balaban J connectivity index is 1.70. The van der Waals surface area contributed by atoms with E-state index in [2.05, 4.69) is 9.97 Å². The number of carbonyl (C=O) groups is 1. The molecule has 0 bridgehead atoms.